The molecule has 1 amide bonds. The zero-order valence-corrected chi connectivity index (χ0v) is 18.8. The summed E-state index contributed by atoms with van der Waals surface area (Å²) in [5, 5.41) is 3.46. The summed E-state index contributed by atoms with van der Waals surface area (Å²) in [6, 6.07) is 9.20. The molecule has 2 aromatic rings. The molecule has 0 aliphatic carbocycles. The molecule has 5 nitrogen and oxygen atoms in total. The first-order valence-electron chi connectivity index (χ1n) is 8.77. The summed E-state index contributed by atoms with van der Waals surface area (Å²) in [6.07, 6.45) is 1.04. The molecule has 0 aromatic heterocycles. The Labute approximate surface area is 176 Å². The molecule has 2 aromatic carbocycles. The molecule has 28 heavy (non-hydrogen) atoms. The number of benzene rings is 2. The SMILES string of the molecule is Cc1cccc(C(C)C)c1NC(=O)C(C)N(c1cc(Cl)cc(Cl)c1)S(C)(=O)=O. The van der Waals surface area contributed by atoms with E-state index in [0.29, 0.717) is 5.69 Å². The van der Waals surface area contributed by atoms with Crippen molar-refractivity contribution >= 4 is 50.5 Å². The van der Waals surface area contributed by atoms with Gasteiger partial charge in [0.25, 0.3) is 0 Å². The molecule has 152 valence electrons. The number of rotatable bonds is 6. The number of carbonyl (C=O) groups is 1. The Hall–Kier alpha value is -1.76. The number of nitrogens with one attached hydrogen (secondary N) is 1. The Balaban J connectivity index is 2.44. The molecule has 1 atom stereocenters. The van der Waals surface area contributed by atoms with Crippen molar-refractivity contribution in [3.8, 4) is 0 Å². The first kappa shape index (κ1) is 22.5. The highest BCUT2D eigenvalue weighted by molar-refractivity contribution is 7.92. The minimum Gasteiger partial charge on any atom is -0.324 e. The van der Waals surface area contributed by atoms with E-state index in [1.54, 1.807) is 0 Å². The summed E-state index contributed by atoms with van der Waals surface area (Å²) in [5.41, 5.74) is 2.82. The number of hydrogen-bond donors (Lipinski definition) is 1. The van der Waals surface area contributed by atoms with E-state index in [1.165, 1.54) is 25.1 Å². The van der Waals surface area contributed by atoms with Crippen LogP contribution in [0.15, 0.2) is 36.4 Å². The van der Waals surface area contributed by atoms with Gasteiger partial charge in [0.15, 0.2) is 0 Å². The molecule has 0 saturated heterocycles. The quantitative estimate of drug-likeness (QED) is 0.666. The Kier molecular flexibility index (Phi) is 7.02. The van der Waals surface area contributed by atoms with Crippen molar-refractivity contribution in [1.82, 2.24) is 0 Å². The molecule has 0 saturated carbocycles. The van der Waals surface area contributed by atoms with Gasteiger partial charge >= 0.3 is 0 Å². The third-order valence-electron chi connectivity index (χ3n) is 4.37. The van der Waals surface area contributed by atoms with Gasteiger partial charge in [0.2, 0.25) is 15.9 Å². The topological polar surface area (TPSA) is 66.5 Å². The molecule has 0 radical (unpaired) electrons. The maximum absolute atomic E-state index is 13.0. The van der Waals surface area contributed by atoms with E-state index in [9.17, 15) is 13.2 Å². The Bertz CT molecular complexity index is 971. The molecule has 2 rings (SSSR count). The first-order chi connectivity index (χ1) is 12.9. The molecule has 0 heterocycles. The minimum atomic E-state index is -3.77. The lowest BCUT2D eigenvalue weighted by Crippen LogP contribution is -2.45. The number of nitrogens with zero attached hydrogens (tertiary/aromatic N) is 1. The molecular formula is C20H24Cl2N2O3S. The Morgan fingerprint density at radius 3 is 2.14 bits per heavy atom. The Morgan fingerprint density at radius 1 is 1.07 bits per heavy atom. The number of para-hydroxylation sites is 1. The summed E-state index contributed by atoms with van der Waals surface area (Å²) in [7, 11) is -3.77. The van der Waals surface area contributed by atoms with Crippen molar-refractivity contribution in [1.29, 1.82) is 0 Å². The molecular weight excluding hydrogens is 419 g/mol. The lowest BCUT2D eigenvalue weighted by molar-refractivity contribution is -0.116. The molecule has 0 aliphatic heterocycles. The zero-order valence-electron chi connectivity index (χ0n) is 16.5. The highest BCUT2D eigenvalue weighted by Gasteiger charge is 2.30. The fourth-order valence-electron chi connectivity index (χ4n) is 3.05. The number of amides is 1. The monoisotopic (exact) mass is 442 g/mol. The molecule has 0 bridgehead atoms. The molecule has 0 spiro atoms. The molecule has 8 heteroatoms. The van der Waals surface area contributed by atoms with E-state index >= 15 is 0 Å². The number of halogens is 2. The van der Waals surface area contributed by atoms with E-state index in [0.717, 1.165) is 21.7 Å². The number of carbonyl (C=O) groups excluding carboxylic acids is 1. The number of sulfonamides is 1. The molecule has 0 aliphatic rings. The van der Waals surface area contributed by atoms with Crippen molar-refractivity contribution in [2.24, 2.45) is 0 Å². The summed E-state index contributed by atoms with van der Waals surface area (Å²) in [4.78, 5) is 13.0. The van der Waals surface area contributed by atoms with Crippen LogP contribution in [0.1, 0.15) is 37.8 Å². The first-order valence-corrected chi connectivity index (χ1v) is 11.4. The van der Waals surface area contributed by atoms with Gasteiger partial charge in [0, 0.05) is 15.7 Å². The average molecular weight is 443 g/mol. The van der Waals surface area contributed by atoms with Crippen molar-refractivity contribution in [2.45, 2.75) is 39.7 Å². The lowest BCUT2D eigenvalue weighted by atomic mass is 9.98. The van der Waals surface area contributed by atoms with Gasteiger partial charge in [-0.05, 0) is 49.1 Å². The van der Waals surface area contributed by atoms with Crippen LogP contribution in [0, 0.1) is 6.92 Å². The average Bonchev–Trinajstić information content (AvgIpc) is 2.54. The van der Waals surface area contributed by atoms with Gasteiger partial charge in [-0.1, -0.05) is 55.2 Å². The molecule has 0 fully saturated rings. The number of anilines is 2. The van der Waals surface area contributed by atoms with Crippen molar-refractivity contribution in [2.75, 3.05) is 15.9 Å². The van der Waals surface area contributed by atoms with E-state index in [4.69, 9.17) is 23.2 Å². The van der Waals surface area contributed by atoms with Gasteiger partial charge < -0.3 is 5.32 Å². The Morgan fingerprint density at radius 2 is 1.64 bits per heavy atom. The lowest BCUT2D eigenvalue weighted by Gasteiger charge is -2.29. The van der Waals surface area contributed by atoms with Gasteiger partial charge in [0.1, 0.15) is 6.04 Å². The third-order valence-corrected chi connectivity index (χ3v) is 6.04. The van der Waals surface area contributed by atoms with Crippen molar-refractivity contribution in [3.05, 3.63) is 57.6 Å². The van der Waals surface area contributed by atoms with Gasteiger partial charge in [0.05, 0.1) is 11.9 Å². The smallest absolute Gasteiger partial charge is 0.248 e. The maximum atomic E-state index is 13.0. The van der Waals surface area contributed by atoms with Gasteiger partial charge in [-0.15, -0.1) is 0 Å². The van der Waals surface area contributed by atoms with Crippen molar-refractivity contribution < 1.29 is 13.2 Å². The van der Waals surface area contributed by atoms with Crippen LogP contribution >= 0.6 is 23.2 Å². The van der Waals surface area contributed by atoms with Crippen LogP contribution in [-0.2, 0) is 14.8 Å². The van der Waals surface area contributed by atoms with E-state index in [2.05, 4.69) is 5.32 Å². The van der Waals surface area contributed by atoms with E-state index in [-0.39, 0.29) is 21.7 Å². The van der Waals surface area contributed by atoms with Crippen LogP contribution in [0.4, 0.5) is 11.4 Å². The van der Waals surface area contributed by atoms with E-state index in [1.807, 2.05) is 39.0 Å². The standard InChI is InChI=1S/C20H24Cl2N2O3S/c1-12(2)18-8-6-7-13(3)19(18)23-20(25)14(4)24(28(5,26)27)17-10-15(21)9-16(22)11-17/h6-12,14H,1-5H3,(H,23,25). The largest absolute Gasteiger partial charge is 0.324 e. The fourth-order valence-corrected chi connectivity index (χ4v) is 4.72. The third kappa shape index (κ3) is 5.19. The second-order valence-corrected chi connectivity index (χ2v) is 9.78. The second-order valence-electron chi connectivity index (χ2n) is 7.05. The number of hydrogen-bond acceptors (Lipinski definition) is 3. The van der Waals surface area contributed by atoms with Crippen LogP contribution < -0.4 is 9.62 Å². The normalized spacial score (nSPS) is 12.7. The molecule has 1 N–H and O–H groups in total. The van der Waals surface area contributed by atoms with Crippen LogP contribution in [0.2, 0.25) is 10.0 Å². The van der Waals surface area contributed by atoms with Crippen molar-refractivity contribution in [3.63, 3.8) is 0 Å². The zero-order chi connectivity index (χ0) is 21.2. The summed E-state index contributed by atoms with van der Waals surface area (Å²) in [6.45, 7) is 7.49. The highest BCUT2D eigenvalue weighted by atomic mass is 35.5. The summed E-state index contributed by atoms with van der Waals surface area (Å²) < 4.78 is 25.9. The fraction of sp³-hybridized carbons (Fsp3) is 0.350. The molecule has 1 unspecified atom stereocenters. The predicted octanol–water partition coefficient (Wildman–Crippen LogP) is 5.22. The van der Waals surface area contributed by atoms with Crippen LogP contribution in [0.25, 0.3) is 0 Å². The van der Waals surface area contributed by atoms with Crippen LogP contribution in [-0.4, -0.2) is 26.6 Å². The van der Waals surface area contributed by atoms with Crippen LogP contribution in [0.5, 0.6) is 0 Å². The highest BCUT2D eigenvalue weighted by Crippen LogP contribution is 2.30. The van der Waals surface area contributed by atoms with E-state index < -0.39 is 22.0 Å². The minimum absolute atomic E-state index is 0.197. The predicted molar refractivity (Wildman–Crippen MR) is 117 cm³/mol. The van der Waals surface area contributed by atoms with Gasteiger partial charge in [-0.2, -0.15) is 0 Å². The van der Waals surface area contributed by atoms with Gasteiger partial charge in [-0.25, -0.2) is 8.42 Å². The summed E-state index contributed by atoms with van der Waals surface area (Å²) >= 11 is 12.1. The van der Waals surface area contributed by atoms with Gasteiger partial charge in [-0.3, -0.25) is 9.10 Å². The van der Waals surface area contributed by atoms with Crippen LogP contribution in [0.3, 0.4) is 0 Å². The second kappa shape index (κ2) is 8.72. The summed E-state index contributed by atoms with van der Waals surface area (Å²) in [5.74, 6) is -0.249. The maximum Gasteiger partial charge on any atom is 0.248 e. The number of aryl methyl sites for hydroxylation is 1.